The van der Waals surface area contributed by atoms with E-state index in [9.17, 15) is 0 Å². The Morgan fingerprint density at radius 2 is 1.55 bits per heavy atom. The van der Waals surface area contributed by atoms with Crippen LogP contribution in [-0.2, 0) is 0 Å². The summed E-state index contributed by atoms with van der Waals surface area (Å²) < 4.78 is 1.61. The van der Waals surface area contributed by atoms with Crippen molar-refractivity contribution in [2.45, 2.75) is 0 Å². The summed E-state index contributed by atoms with van der Waals surface area (Å²) in [6.45, 7) is 0. The second-order valence-electron chi connectivity index (χ2n) is 4.12. The molecule has 3 rings (SSSR count). The summed E-state index contributed by atoms with van der Waals surface area (Å²) >= 11 is 18.4. The first-order valence-corrected chi connectivity index (χ1v) is 6.91. The van der Waals surface area contributed by atoms with E-state index in [-0.39, 0.29) is 0 Å². The van der Waals surface area contributed by atoms with E-state index in [4.69, 9.17) is 34.8 Å². The normalized spacial score (nSPS) is 10.8. The van der Waals surface area contributed by atoms with Crippen LogP contribution in [-0.4, -0.2) is 15.0 Å². The maximum atomic E-state index is 6.23. The first-order valence-electron chi connectivity index (χ1n) is 5.78. The minimum atomic E-state index is 0.421. The fraction of sp³-hybridized carbons (Fsp3) is 0. The van der Waals surface area contributed by atoms with Crippen molar-refractivity contribution in [1.29, 1.82) is 0 Å². The van der Waals surface area contributed by atoms with E-state index >= 15 is 0 Å². The quantitative estimate of drug-likeness (QED) is 0.671. The van der Waals surface area contributed by atoms with Crippen LogP contribution >= 0.6 is 34.8 Å². The van der Waals surface area contributed by atoms with Gasteiger partial charge in [0, 0.05) is 10.6 Å². The van der Waals surface area contributed by atoms with Crippen LogP contribution in [0, 0.1) is 0 Å². The van der Waals surface area contributed by atoms with Gasteiger partial charge < -0.3 is 0 Å². The maximum absolute atomic E-state index is 6.23. The zero-order chi connectivity index (χ0) is 14.1. The molecular formula is C14H8Cl3N3. The van der Waals surface area contributed by atoms with Gasteiger partial charge in [-0.25, -0.2) is 4.68 Å². The molecule has 0 saturated carbocycles. The molecule has 1 heterocycles. The van der Waals surface area contributed by atoms with Crippen LogP contribution in [0.4, 0.5) is 0 Å². The first-order chi connectivity index (χ1) is 9.66. The molecule has 0 bridgehead atoms. The van der Waals surface area contributed by atoms with Gasteiger partial charge in [0.2, 0.25) is 0 Å². The topological polar surface area (TPSA) is 30.7 Å². The molecule has 0 aliphatic carbocycles. The molecular weight excluding hydrogens is 317 g/mol. The summed E-state index contributed by atoms with van der Waals surface area (Å²) in [4.78, 5) is 0. The second-order valence-corrected chi connectivity index (χ2v) is 5.37. The van der Waals surface area contributed by atoms with Crippen molar-refractivity contribution in [3.63, 3.8) is 0 Å². The number of hydrogen-bond acceptors (Lipinski definition) is 2. The monoisotopic (exact) mass is 323 g/mol. The van der Waals surface area contributed by atoms with Crippen molar-refractivity contribution >= 4 is 34.8 Å². The SMILES string of the molecule is Clc1cc(Cl)c(-n2nncc2-c2ccccc2)c(Cl)c1. The van der Waals surface area contributed by atoms with Crippen LogP contribution in [0.15, 0.2) is 48.7 Å². The van der Waals surface area contributed by atoms with Gasteiger partial charge in [0.25, 0.3) is 0 Å². The van der Waals surface area contributed by atoms with Gasteiger partial charge in [0.1, 0.15) is 5.69 Å². The van der Waals surface area contributed by atoms with E-state index in [1.165, 1.54) is 0 Å². The lowest BCUT2D eigenvalue weighted by atomic mass is 10.1. The number of nitrogens with zero attached hydrogens (tertiary/aromatic N) is 3. The summed E-state index contributed by atoms with van der Waals surface area (Å²) in [6.07, 6.45) is 1.66. The van der Waals surface area contributed by atoms with Gasteiger partial charge in [0.05, 0.1) is 21.9 Å². The number of halogens is 3. The molecule has 2 aromatic carbocycles. The minimum absolute atomic E-state index is 0.421. The molecule has 0 spiro atoms. The third kappa shape index (κ3) is 2.40. The minimum Gasteiger partial charge on any atom is -0.210 e. The molecule has 100 valence electrons. The standard InChI is InChI=1S/C14H8Cl3N3/c15-10-6-11(16)14(12(17)7-10)20-13(8-18-19-20)9-4-2-1-3-5-9/h1-8H. The molecule has 20 heavy (non-hydrogen) atoms. The van der Waals surface area contributed by atoms with Crippen molar-refractivity contribution in [3.05, 3.63) is 63.7 Å². The van der Waals surface area contributed by atoms with Gasteiger partial charge in [-0.1, -0.05) is 70.3 Å². The van der Waals surface area contributed by atoms with Gasteiger partial charge >= 0.3 is 0 Å². The number of benzene rings is 2. The zero-order valence-corrected chi connectivity index (χ0v) is 12.4. The van der Waals surface area contributed by atoms with Crippen LogP contribution in [0.1, 0.15) is 0 Å². The van der Waals surface area contributed by atoms with Crippen molar-refractivity contribution in [1.82, 2.24) is 15.0 Å². The van der Waals surface area contributed by atoms with Crippen LogP contribution in [0.3, 0.4) is 0 Å². The Hall–Kier alpha value is -1.55. The van der Waals surface area contributed by atoms with Crippen LogP contribution in [0.2, 0.25) is 15.1 Å². The van der Waals surface area contributed by atoms with Crippen molar-refractivity contribution in [3.8, 4) is 16.9 Å². The molecule has 0 aliphatic rings. The van der Waals surface area contributed by atoms with E-state index in [1.54, 1.807) is 23.0 Å². The predicted molar refractivity (Wildman–Crippen MR) is 81.8 cm³/mol. The molecule has 3 nitrogen and oxygen atoms in total. The van der Waals surface area contributed by atoms with Gasteiger partial charge in [0.15, 0.2) is 0 Å². The highest BCUT2D eigenvalue weighted by Crippen LogP contribution is 2.34. The van der Waals surface area contributed by atoms with E-state index in [1.807, 2.05) is 30.3 Å². The fourth-order valence-electron chi connectivity index (χ4n) is 1.94. The molecule has 1 aromatic heterocycles. The maximum Gasteiger partial charge on any atom is 0.104 e. The van der Waals surface area contributed by atoms with E-state index in [0.717, 1.165) is 11.3 Å². The summed E-state index contributed by atoms with van der Waals surface area (Å²) in [5.74, 6) is 0. The molecule has 0 amide bonds. The highest BCUT2D eigenvalue weighted by atomic mass is 35.5. The predicted octanol–water partition coefficient (Wildman–Crippen LogP) is 4.89. The fourth-order valence-corrected chi connectivity index (χ4v) is 2.92. The first kappa shape index (κ1) is 13.4. The molecule has 0 atom stereocenters. The lowest BCUT2D eigenvalue weighted by Crippen LogP contribution is -2.01. The molecule has 0 saturated heterocycles. The lowest BCUT2D eigenvalue weighted by Gasteiger charge is -2.10. The Balaban J connectivity index is 2.21. The summed E-state index contributed by atoms with van der Waals surface area (Å²) in [6, 6.07) is 13.0. The average Bonchev–Trinajstić information content (AvgIpc) is 2.87. The molecule has 0 aliphatic heterocycles. The van der Waals surface area contributed by atoms with E-state index < -0.39 is 0 Å². The number of rotatable bonds is 2. The third-order valence-corrected chi connectivity index (χ3v) is 3.61. The third-order valence-electron chi connectivity index (χ3n) is 2.81. The van der Waals surface area contributed by atoms with Crippen molar-refractivity contribution in [2.24, 2.45) is 0 Å². The number of aromatic nitrogens is 3. The molecule has 0 radical (unpaired) electrons. The molecule has 0 unspecified atom stereocenters. The summed E-state index contributed by atoms with van der Waals surface area (Å²) in [5, 5.41) is 9.33. The Bertz CT molecular complexity index is 730. The van der Waals surface area contributed by atoms with E-state index in [2.05, 4.69) is 10.3 Å². The smallest absolute Gasteiger partial charge is 0.104 e. The van der Waals surface area contributed by atoms with Gasteiger partial charge in [-0.2, -0.15) is 0 Å². The average molecular weight is 325 g/mol. The molecule has 0 N–H and O–H groups in total. The summed E-state index contributed by atoms with van der Waals surface area (Å²) in [5.41, 5.74) is 2.34. The van der Waals surface area contributed by atoms with Crippen LogP contribution < -0.4 is 0 Å². The molecule has 0 fully saturated rings. The van der Waals surface area contributed by atoms with Crippen molar-refractivity contribution in [2.75, 3.05) is 0 Å². The van der Waals surface area contributed by atoms with Gasteiger partial charge in [-0.05, 0) is 12.1 Å². The Morgan fingerprint density at radius 1 is 0.900 bits per heavy atom. The molecule has 6 heteroatoms. The highest BCUT2D eigenvalue weighted by Gasteiger charge is 2.15. The zero-order valence-electron chi connectivity index (χ0n) is 10.1. The Morgan fingerprint density at radius 3 is 2.20 bits per heavy atom. The molecule has 3 aromatic rings. The van der Waals surface area contributed by atoms with Gasteiger partial charge in [-0.15, -0.1) is 5.10 Å². The second kappa shape index (κ2) is 5.44. The summed E-state index contributed by atoms with van der Waals surface area (Å²) in [7, 11) is 0. The van der Waals surface area contributed by atoms with Crippen LogP contribution in [0.25, 0.3) is 16.9 Å². The highest BCUT2D eigenvalue weighted by molar-refractivity contribution is 6.40. The number of hydrogen-bond donors (Lipinski definition) is 0. The van der Waals surface area contributed by atoms with Crippen molar-refractivity contribution < 1.29 is 0 Å². The lowest BCUT2D eigenvalue weighted by molar-refractivity contribution is 0.808. The van der Waals surface area contributed by atoms with Crippen LogP contribution in [0.5, 0.6) is 0 Å². The van der Waals surface area contributed by atoms with Gasteiger partial charge in [-0.3, -0.25) is 0 Å². The largest absolute Gasteiger partial charge is 0.210 e. The Kier molecular flexibility index (Phi) is 3.66. The van der Waals surface area contributed by atoms with E-state index in [0.29, 0.717) is 20.8 Å². The Labute approximate surface area is 130 Å².